The van der Waals surface area contributed by atoms with Gasteiger partial charge in [-0.05, 0) is 35.9 Å². The normalized spacial score (nSPS) is 10.7. The van der Waals surface area contributed by atoms with Gasteiger partial charge in [-0.3, -0.25) is 4.79 Å². The molecule has 0 aliphatic rings. The monoisotopic (exact) mass is 359 g/mol. The van der Waals surface area contributed by atoms with Crippen molar-refractivity contribution < 1.29 is 19.4 Å². The Morgan fingerprint density at radius 1 is 1.20 bits per heavy atom. The second-order valence-electron chi connectivity index (χ2n) is 5.77. The third kappa shape index (κ3) is 5.34. The molecule has 0 radical (unpaired) electrons. The standard InChI is InChI=1S/C19H21NO4S/c1-12(2)25-17-7-5-4-6-16(17)18(21)20-15-9-13(11-24-3)8-14(10-15)19(22)23/h4-10,12H,11H2,1-3H3,(H,20,21)(H,22,23). The van der Waals surface area contributed by atoms with E-state index in [0.29, 0.717) is 22.1 Å². The molecule has 0 bridgehead atoms. The molecular weight excluding hydrogens is 338 g/mol. The fourth-order valence-corrected chi connectivity index (χ4v) is 3.30. The molecular formula is C19H21NO4S. The van der Waals surface area contributed by atoms with Crippen LogP contribution in [-0.4, -0.2) is 29.3 Å². The summed E-state index contributed by atoms with van der Waals surface area (Å²) in [5.41, 5.74) is 1.79. The third-order valence-corrected chi connectivity index (χ3v) is 4.38. The van der Waals surface area contributed by atoms with Gasteiger partial charge in [0.2, 0.25) is 0 Å². The number of hydrogen-bond donors (Lipinski definition) is 2. The summed E-state index contributed by atoms with van der Waals surface area (Å²) >= 11 is 1.61. The zero-order valence-electron chi connectivity index (χ0n) is 14.4. The summed E-state index contributed by atoms with van der Waals surface area (Å²) in [7, 11) is 1.53. The third-order valence-electron chi connectivity index (χ3n) is 3.30. The predicted octanol–water partition coefficient (Wildman–Crippen LogP) is 4.28. The fourth-order valence-electron chi connectivity index (χ4n) is 2.35. The molecule has 0 spiro atoms. The van der Waals surface area contributed by atoms with E-state index in [-0.39, 0.29) is 18.1 Å². The van der Waals surface area contributed by atoms with Gasteiger partial charge in [0.25, 0.3) is 5.91 Å². The number of ether oxygens (including phenoxy) is 1. The first kappa shape index (κ1) is 19.0. The number of rotatable bonds is 7. The Kier molecular flexibility index (Phi) is 6.61. The van der Waals surface area contributed by atoms with Crippen LogP contribution in [0.4, 0.5) is 5.69 Å². The molecule has 25 heavy (non-hydrogen) atoms. The van der Waals surface area contributed by atoms with E-state index >= 15 is 0 Å². The predicted molar refractivity (Wildman–Crippen MR) is 99.5 cm³/mol. The summed E-state index contributed by atoms with van der Waals surface area (Å²) in [4.78, 5) is 24.8. The summed E-state index contributed by atoms with van der Waals surface area (Å²) < 4.78 is 5.06. The first-order valence-electron chi connectivity index (χ1n) is 7.84. The molecule has 0 aliphatic carbocycles. The van der Waals surface area contributed by atoms with E-state index in [0.717, 1.165) is 4.90 Å². The zero-order valence-corrected chi connectivity index (χ0v) is 15.2. The van der Waals surface area contributed by atoms with Gasteiger partial charge in [-0.15, -0.1) is 11.8 Å². The van der Waals surface area contributed by atoms with Gasteiger partial charge in [-0.1, -0.05) is 26.0 Å². The lowest BCUT2D eigenvalue weighted by atomic mass is 10.1. The lowest BCUT2D eigenvalue weighted by Gasteiger charge is -2.13. The van der Waals surface area contributed by atoms with Gasteiger partial charge in [-0.2, -0.15) is 0 Å². The van der Waals surface area contributed by atoms with Gasteiger partial charge < -0.3 is 15.2 Å². The van der Waals surface area contributed by atoms with E-state index in [1.54, 1.807) is 23.9 Å². The number of carboxylic acid groups (broad SMARTS) is 1. The molecule has 2 rings (SSSR count). The van der Waals surface area contributed by atoms with Crippen LogP contribution in [0.15, 0.2) is 47.4 Å². The molecule has 0 aliphatic heterocycles. The van der Waals surface area contributed by atoms with Crippen molar-refractivity contribution in [1.82, 2.24) is 0 Å². The molecule has 6 heteroatoms. The van der Waals surface area contributed by atoms with Gasteiger partial charge in [-0.25, -0.2) is 4.79 Å². The van der Waals surface area contributed by atoms with Crippen molar-refractivity contribution in [2.45, 2.75) is 30.6 Å². The first-order valence-corrected chi connectivity index (χ1v) is 8.72. The Morgan fingerprint density at radius 2 is 1.92 bits per heavy atom. The topological polar surface area (TPSA) is 75.6 Å². The largest absolute Gasteiger partial charge is 0.478 e. The summed E-state index contributed by atoms with van der Waals surface area (Å²) in [6, 6.07) is 12.1. The Bertz CT molecular complexity index is 774. The number of carbonyl (C=O) groups is 2. The van der Waals surface area contributed by atoms with E-state index in [2.05, 4.69) is 19.2 Å². The summed E-state index contributed by atoms with van der Waals surface area (Å²) in [5, 5.41) is 12.4. The second kappa shape index (κ2) is 8.69. The number of aromatic carboxylic acids is 1. The SMILES string of the molecule is COCc1cc(NC(=O)c2ccccc2SC(C)C)cc(C(=O)O)c1. The average Bonchev–Trinajstić information content (AvgIpc) is 2.54. The molecule has 2 aromatic rings. The maximum Gasteiger partial charge on any atom is 0.335 e. The highest BCUT2D eigenvalue weighted by Crippen LogP contribution is 2.27. The first-order chi connectivity index (χ1) is 11.9. The van der Waals surface area contributed by atoms with E-state index in [1.165, 1.54) is 19.2 Å². The second-order valence-corrected chi connectivity index (χ2v) is 7.39. The Morgan fingerprint density at radius 3 is 2.56 bits per heavy atom. The van der Waals surface area contributed by atoms with E-state index in [9.17, 15) is 14.7 Å². The van der Waals surface area contributed by atoms with Crippen LogP contribution in [0.1, 0.15) is 40.1 Å². The smallest absolute Gasteiger partial charge is 0.335 e. The molecule has 0 fully saturated rings. The number of amides is 1. The molecule has 0 unspecified atom stereocenters. The average molecular weight is 359 g/mol. The van der Waals surface area contributed by atoms with Crippen molar-refractivity contribution in [3.05, 3.63) is 59.2 Å². The van der Waals surface area contributed by atoms with E-state index in [4.69, 9.17) is 4.74 Å². The van der Waals surface area contributed by atoms with Crippen LogP contribution in [-0.2, 0) is 11.3 Å². The fraction of sp³-hybridized carbons (Fsp3) is 0.263. The highest BCUT2D eigenvalue weighted by Gasteiger charge is 2.14. The molecule has 0 saturated heterocycles. The van der Waals surface area contributed by atoms with Crippen LogP contribution in [0.3, 0.4) is 0 Å². The minimum Gasteiger partial charge on any atom is -0.478 e. The van der Waals surface area contributed by atoms with Crippen LogP contribution < -0.4 is 5.32 Å². The molecule has 0 atom stereocenters. The number of carboxylic acids is 1. The van der Waals surface area contributed by atoms with Crippen molar-refractivity contribution in [1.29, 1.82) is 0 Å². The van der Waals surface area contributed by atoms with E-state index < -0.39 is 5.97 Å². The number of carbonyl (C=O) groups excluding carboxylic acids is 1. The number of benzene rings is 2. The maximum absolute atomic E-state index is 12.7. The Labute approximate surface area is 151 Å². The quantitative estimate of drug-likeness (QED) is 0.722. The van der Waals surface area contributed by atoms with Gasteiger partial charge in [0.05, 0.1) is 17.7 Å². The molecule has 132 valence electrons. The molecule has 2 N–H and O–H groups in total. The van der Waals surface area contributed by atoms with Gasteiger partial charge in [0.15, 0.2) is 0 Å². The maximum atomic E-state index is 12.7. The molecule has 0 aromatic heterocycles. The van der Waals surface area contributed by atoms with Crippen molar-refractivity contribution in [3.63, 3.8) is 0 Å². The molecule has 5 nitrogen and oxygen atoms in total. The molecule has 1 amide bonds. The molecule has 0 saturated carbocycles. The Hall–Kier alpha value is -2.31. The summed E-state index contributed by atoms with van der Waals surface area (Å²) in [5.74, 6) is -1.32. The van der Waals surface area contributed by atoms with Crippen LogP contribution in [0.25, 0.3) is 0 Å². The lowest BCUT2D eigenvalue weighted by Crippen LogP contribution is -2.14. The van der Waals surface area contributed by atoms with Crippen molar-refractivity contribution in [2.75, 3.05) is 12.4 Å². The van der Waals surface area contributed by atoms with Crippen LogP contribution in [0, 0.1) is 0 Å². The van der Waals surface area contributed by atoms with Crippen LogP contribution in [0.2, 0.25) is 0 Å². The van der Waals surface area contributed by atoms with Crippen molar-refractivity contribution >= 4 is 29.3 Å². The number of hydrogen-bond acceptors (Lipinski definition) is 4. The Balaban J connectivity index is 2.30. The van der Waals surface area contributed by atoms with Crippen molar-refractivity contribution in [2.24, 2.45) is 0 Å². The number of thioether (sulfide) groups is 1. The van der Waals surface area contributed by atoms with Gasteiger partial charge in [0.1, 0.15) is 0 Å². The number of methoxy groups -OCH3 is 1. The van der Waals surface area contributed by atoms with Crippen LogP contribution >= 0.6 is 11.8 Å². The van der Waals surface area contributed by atoms with Gasteiger partial charge in [0, 0.05) is 22.9 Å². The highest BCUT2D eigenvalue weighted by atomic mass is 32.2. The highest BCUT2D eigenvalue weighted by molar-refractivity contribution is 8.00. The summed E-state index contributed by atoms with van der Waals surface area (Å²) in [6.45, 7) is 4.39. The van der Waals surface area contributed by atoms with E-state index in [1.807, 2.05) is 18.2 Å². The molecule has 2 aromatic carbocycles. The lowest BCUT2D eigenvalue weighted by molar-refractivity contribution is 0.0696. The minimum absolute atomic E-state index is 0.106. The molecule has 0 heterocycles. The minimum atomic E-state index is -1.05. The zero-order chi connectivity index (χ0) is 18.4. The number of anilines is 1. The van der Waals surface area contributed by atoms with Gasteiger partial charge >= 0.3 is 5.97 Å². The van der Waals surface area contributed by atoms with Crippen molar-refractivity contribution in [3.8, 4) is 0 Å². The number of nitrogens with one attached hydrogen (secondary N) is 1. The summed E-state index contributed by atoms with van der Waals surface area (Å²) in [6.07, 6.45) is 0. The van der Waals surface area contributed by atoms with Crippen LogP contribution in [0.5, 0.6) is 0 Å².